The summed E-state index contributed by atoms with van der Waals surface area (Å²) >= 11 is 0. The molecule has 33 heavy (non-hydrogen) atoms. The van der Waals surface area contributed by atoms with E-state index in [0.717, 1.165) is 53.8 Å². The second kappa shape index (κ2) is 9.44. The molecule has 170 valence electrons. The number of aliphatic imine (C=N–C) groups is 1. The van der Waals surface area contributed by atoms with E-state index >= 15 is 0 Å². The number of hydrogen-bond donors (Lipinski definition) is 0. The molecule has 3 aliphatic rings. The van der Waals surface area contributed by atoms with Gasteiger partial charge in [0.25, 0.3) is 0 Å². The fraction of sp³-hybridized carbons (Fsp3) is 0.393. The summed E-state index contributed by atoms with van der Waals surface area (Å²) in [5.41, 5.74) is 5.43. The summed E-state index contributed by atoms with van der Waals surface area (Å²) in [5, 5.41) is 0. The number of benzene rings is 2. The van der Waals surface area contributed by atoms with Crippen molar-refractivity contribution in [2.45, 2.75) is 51.0 Å². The highest BCUT2D eigenvalue weighted by molar-refractivity contribution is 6.08. The first-order valence-corrected chi connectivity index (χ1v) is 11.9. The standard InChI is InChI=1S/C28H29NO4/c1-18-25(28(31)33-17-22-9-6-16-32-22)26(27-23(29-18)10-5-11-24(27)30)21-14-12-20(13-15-21)19-7-3-2-4-8-19/h2-4,7-8,12-15,22,25-26H,5-6,9-11,16-17H2,1H3/t22-,25?,26+/m0/s1. The minimum Gasteiger partial charge on any atom is -0.462 e. The monoisotopic (exact) mass is 443 g/mol. The summed E-state index contributed by atoms with van der Waals surface area (Å²) in [6.07, 6.45) is 3.95. The van der Waals surface area contributed by atoms with Gasteiger partial charge < -0.3 is 9.47 Å². The normalized spacial score (nSPS) is 24.9. The number of carbonyl (C=O) groups is 2. The molecule has 1 fully saturated rings. The zero-order chi connectivity index (χ0) is 22.8. The molecule has 2 aliphatic heterocycles. The van der Waals surface area contributed by atoms with E-state index in [4.69, 9.17) is 14.5 Å². The molecule has 5 heteroatoms. The first-order valence-electron chi connectivity index (χ1n) is 11.9. The van der Waals surface area contributed by atoms with Crippen LogP contribution in [0.5, 0.6) is 0 Å². The summed E-state index contributed by atoms with van der Waals surface area (Å²) in [6.45, 7) is 2.85. The molecule has 1 aliphatic carbocycles. The summed E-state index contributed by atoms with van der Waals surface area (Å²) in [5.74, 6) is -1.20. The van der Waals surface area contributed by atoms with Crippen LogP contribution in [0.1, 0.15) is 50.5 Å². The maximum Gasteiger partial charge on any atom is 0.315 e. The molecule has 0 N–H and O–H groups in total. The van der Waals surface area contributed by atoms with E-state index in [1.165, 1.54) is 0 Å². The van der Waals surface area contributed by atoms with Gasteiger partial charge in [0, 0.05) is 35.9 Å². The maximum atomic E-state index is 13.3. The van der Waals surface area contributed by atoms with E-state index in [-0.39, 0.29) is 30.4 Å². The maximum absolute atomic E-state index is 13.3. The van der Waals surface area contributed by atoms with E-state index in [1.54, 1.807) is 0 Å². The molecule has 1 saturated heterocycles. The molecule has 0 aromatic heterocycles. The second-order valence-corrected chi connectivity index (χ2v) is 9.10. The Balaban J connectivity index is 1.48. The molecule has 2 heterocycles. The fourth-order valence-electron chi connectivity index (χ4n) is 5.23. The molecule has 5 nitrogen and oxygen atoms in total. The fourth-order valence-corrected chi connectivity index (χ4v) is 5.23. The van der Waals surface area contributed by atoms with Gasteiger partial charge in [-0.15, -0.1) is 0 Å². The smallest absolute Gasteiger partial charge is 0.315 e. The lowest BCUT2D eigenvalue weighted by molar-refractivity contribution is -0.149. The van der Waals surface area contributed by atoms with Crippen LogP contribution in [0.3, 0.4) is 0 Å². The Bertz CT molecular complexity index is 1090. The Labute approximate surface area is 194 Å². The van der Waals surface area contributed by atoms with Gasteiger partial charge >= 0.3 is 5.97 Å². The van der Waals surface area contributed by atoms with Gasteiger partial charge in [-0.05, 0) is 49.3 Å². The predicted octanol–water partition coefficient (Wildman–Crippen LogP) is 5.26. The summed E-state index contributed by atoms with van der Waals surface area (Å²) < 4.78 is 11.3. The van der Waals surface area contributed by atoms with Crippen LogP contribution in [0, 0.1) is 5.92 Å². The first-order chi connectivity index (χ1) is 16.1. The van der Waals surface area contributed by atoms with Gasteiger partial charge in [-0.1, -0.05) is 54.6 Å². The van der Waals surface area contributed by atoms with Gasteiger partial charge in [-0.2, -0.15) is 0 Å². The van der Waals surface area contributed by atoms with Crippen LogP contribution in [-0.4, -0.2) is 36.8 Å². The SMILES string of the molecule is CC1=NC2=C(C(=O)CCC2)[C@H](c2ccc(-c3ccccc3)cc2)C1C(=O)OC[C@@H]1CCCO1. The van der Waals surface area contributed by atoms with Crippen molar-refractivity contribution in [3.05, 3.63) is 71.4 Å². The molecule has 3 atom stereocenters. The zero-order valence-electron chi connectivity index (χ0n) is 19.0. The number of nitrogens with zero attached hydrogens (tertiary/aromatic N) is 1. The Morgan fingerprint density at radius 1 is 1.03 bits per heavy atom. The average Bonchev–Trinajstić information content (AvgIpc) is 3.36. The van der Waals surface area contributed by atoms with Crippen molar-refractivity contribution in [2.75, 3.05) is 13.2 Å². The zero-order valence-corrected chi connectivity index (χ0v) is 19.0. The number of allylic oxidation sites excluding steroid dienone is 2. The minimum atomic E-state index is -0.602. The van der Waals surface area contributed by atoms with Gasteiger partial charge in [-0.25, -0.2) is 0 Å². The van der Waals surface area contributed by atoms with Crippen molar-refractivity contribution in [2.24, 2.45) is 10.9 Å². The van der Waals surface area contributed by atoms with E-state index < -0.39 is 5.92 Å². The molecule has 0 amide bonds. The quantitative estimate of drug-likeness (QED) is 0.592. The van der Waals surface area contributed by atoms with Crippen LogP contribution < -0.4 is 0 Å². The molecule has 5 rings (SSSR count). The average molecular weight is 444 g/mol. The van der Waals surface area contributed by atoms with Crippen molar-refractivity contribution in [1.82, 2.24) is 0 Å². The molecule has 0 radical (unpaired) electrons. The van der Waals surface area contributed by atoms with Crippen LogP contribution in [-0.2, 0) is 19.1 Å². The molecule has 2 aromatic rings. The molecular formula is C28H29NO4. The Morgan fingerprint density at radius 2 is 1.79 bits per heavy atom. The summed E-state index contributed by atoms with van der Waals surface area (Å²) in [7, 11) is 0. The summed E-state index contributed by atoms with van der Waals surface area (Å²) in [6, 6.07) is 18.4. The van der Waals surface area contributed by atoms with Crippen LogP contribution in [0.15, 0.2) is 70.9 Å². The van der Waals surface area contributed by atoms with Crippen molar-refractivity contribution in [3.63, 3.8) is 0 Å². The van der Waals surface area contributed by atoms with Crippen molar-refractivity contribution >= 4 is 17.5 Å². The molecule has 0 saturated carbocycles. The van der Waals surface area contributed by atoms with Crippen LogP contribution >= 0.6 is 0 Å². The molecular weight excluding hydrogens is 414 g/mol. The topological polar surface area (TPSA) is 65.0 Å². The Kier molecular flexibility index (Phi) is 6.23. The highest BCUT2D eigenvalue weighted by Gasteiger charge is 2.43. The minimum absolute atomic E-state index is 0.0375. The highest BCUT2D eigenvalue weighted by atomic mass is 16.6. The molecule has 2 aromatic carbocycles. The lowest BCUT2D eigenvalue weighted by Crippen LogP contribution is -2.38. The van der Waals surface area contributed by atoms with Crippen molar-refractivity contribution in [1.29, 1.82) is 0 Å². The number of esters is 1. The van der Waals surface area contributed by atoms with Gasteiger partial charge in [0.15, 0.2) is 5.78 Å². The second-order valence-electron chi connectivity index (χ2n) is 9.10. The van der Waals surface area contributed by atoms with E-state index in [2.05, 4.69) is 24.3 Å². The summed E-state index contributed by atoms with van der Waals surface area (Å²) in [4.78, 5) is 31.1. The van der Waals surface area contributed by atoms with Crippen molar-refractivity contribution < 1.29 is 19.1 Å². The van der Waals surface area contributed by atoms with Gasteiger partial charge in [-0.3, -0.25) is 14.6 Å². The van der Waals surface area contributed by atoms with Crippen LogP contribution in [0.4, 0.5) is 0 Å². The highest BCUT2D eigenvalue weighted by Crippen LogP contribution is 2.44. The number of ether oxygens (including phenoxy) is 2. The van der Waals surface area contributed by atoms with E-state index in [9.17, 15) is 9.59 Å². The largest absolute Gasteiger partial charge is 0.462 e. The third-order valence-corrected chi connectivity index (χ3v) is 6.90. The third-order valence-electron chi connectivity index (χ3n) is 6.90. The predicted molar refractivity (Wildman–Crippen MR) is 127 cm³/mol. The van der Waals surface area contributed by atoms with E-state index in [1.807, 2.05) is 37.3 Å². The van der Waals surface area contributed by atoms with E-state index in [0.29, 0.717) is 18.6 Å². The number of hydrogen-bond acceptors (Lipinski definition) is 5. The van der Waals surface area contributed by atoms with Crippen LogP contribution in [0.25, 0.3) is 11.1 Å². The number of carbonyl (C=O) groups excluding carboxylic acids is 2. The first kappa shape index (κ1) is 21.8. The van der Waals surface area contributed by atoms with Crippen molar-refractivity contribution in [3.8, 4) is 11.1 Å². The molecule has 0 bridgehead atoms. The Hall–Kier alpha value is -3.05. The van der Waals surface area contributed by atoms with Gasteiger partial charge in [0.05, 0.1) is 6.10 Å². The van der Waals surface area contributed by atoms with Crippen LogP contribution in [0.2, 0.25) is 0 Å². The molecule has 0 spiro atoms. The number of ketones is 1. The lowest BCUT2D eigenvalue weighted by Gasteiger charge is -2.34. The van der Waals surface area contributed by atoms with Gasteiger partial charge in [0.2, 0.25) is 0 Å². The van der Waals surface area contributed by atoms with Gasteiger partial charge in [0.1, 0.15) is 12.5 Å². The third kappa shape index (κ3) is 4.42. The number of Topliss-reactive ketones (excluding diaryl/α,β-unsaturated/α-hetero) is 1. The molecule has 1 unspecified atom stereocenters. The number of rotatable bonds is 5. The Morgan fingerprint density at radius 3 is 2.52 bits per heavy atom. The lowest BCUT2D eigenvalue weighted by atomic mass is 9.71.